The van der Waals surface area contributed by atoms with E-state index in [1.54, 1.807) is 0 Å². The van der Waals surface area contributed by atoms with Crippen molar-refractivity contribution in [3.8, 4) is 0 Å². The first-order valence-corrected chi connectivity index (χ1v) is 9.42. The second kappa shape index (κ2) is 7.49. The van der Waals surface area contributed by atoms with Gasteiger partial charge in [-0.3, -0.25) is 9.69 Å². The molecule has 2 aliphatic heterocycles. The number of likely N-dealkylation sites (tertiary alicyclic amines) is 1. The highest BCUT2D eigenvalue weighted by molar-refractivity contribution is 7.15. The molecule has 0 aromatic carbocycles. The van der Waals surface area contributed by atoms with Gasteiger partial charge in [0.15, 0.2) is 0 Å². The summed E-state index contributed by atoms with van der Waals surface area (Å²) < 4.78 is 0.655. The third-order valence-corrected chi connectivity index (χ3v) is 6.35. The molecule has 22 heavy (non-hydrogen) atoms. The number of halogens is 2. The van der Waals surface area contributed by atoms with Gasteiger partial charge in [0.05, 0.1) is 10.9 Å². The van der Waals surface area contributed by atoms with Crippen molar-refractivity contribution in [2.24, 2.45) is 5.92 Å². The van der Waals surface area contributed by atoms with Gasteiger partial charge in [-0.2, -0.15) is 0 Å². The summed E-state index contributed by atoms with van der Waals surface area (Å²) in [4.78, 5) is 17.0. The van der Waals surface area contributed by atoms with Crippen LogP contribution in [0.3, 0.4) is 0 Å². The third-order valence-electron chi connectivity index (χ3n) is 4.44. The van der Waals surface area contributed by atoms with Gasteiger partial charge in [-0.25, -0.2) is 0 Å². The van der Waals surface area contributed by atoms with Gasteiger partial charge in [0, 0.05) is 39.3 Å². The molecule has 2 saturated heterocycles. The Bertz CT molecular complexity index is 531. The lowest BCUT2D eigenvalue weighted by molar-refractivity contribution is -0.138. The molecule has 1 atom stereocenters. The minimum atomic E-state index is 0.125. The zero-order valence-corrected chi connectivity index (χ0v) is 14.8. The van der Waals surface area contributed by atoms with Gasteiger partial charge in [-0.15, -0.1) is 11.3 Å². The van der Waals surface area contributed by atoms with Gasteiger partial charge in [-0.1, -0.05) is 23.2 Å². The van der Waals surface area contributed by atoms with E-state index in [1.807, 2.05) is 10.3 Å². The third kappa shape index (κ3) is 3.77. The number of nitrogens with zero attached hydrogens (tertiary/aromatic N) is 2. The molecule has 3 heterocycles. The predicted molar refractivity (Wildman–Crippen MR) is 91.8 cm³/mol. The van der Waals surface area contributed by atoms with E-state index in [0.717, 1.165) is 64.2 Å². The second-order valence-corrected chi connectivity index (χ2v) is 7.86. The van der Waals surface area contributed by atoms with Crippen molar-refractivity contribution in [3.05, 3.63) is 20.3 Å². The Balaban J connectivity index is 1.59. The zero-order chi connectivity index (χ0) is 15.5. The standard InChI is InChI=1S/C15H21Cl2N3OS/c16-13-12(10-22-14(13)17)9-19-5-1-2-11(8-19)15(21)20-6-3-18-4-7-20/h10-11,18H,1-9H2. The maximum atomic E-state index is 12.6. The molecule has 1 N–H and O–H groups in total. The topological polar surface area (TPSA) is 35.6 Å². The average Bonchev–Trinajstić information content (AvgIpc) is 2.87. The molecule has 0 radical (unpaired) electrons. The van der Waals surface area contributed by atoms with Crippen molar-refractivity contribution in [1.29, 1.82) is 0 Å². The lowest BCUT2D eigenvalue weighted by Gasteiger charge is -2.36. The van der Waals surface area contributed by atoms with Gasteiger partial charge in [0.1, 0.15) is 4.34 Å². The molecule has 2 fully saturated rings. The Hall–Kier alpha value is -0.330. The maximum Gasteiger partial charge on any atom is 0.227 e. The lowest BCUT2D eigenvalue weighted by Crippen LogP contribution is -2.51. The number of hydrogen-bond donors (Lipinski definition) is 1. The van der Waals surface area contributed by atoms with E-state index in [4.69, 9.17) is 23.2 Å². The molecule has 0 aliphatic carbocycles. The molecule has 4 nitrogen and oxygen atoms in total. The predicted octanol–water partition coefficient (Wildman–Crippen LogP) is 2.70. The van der Waals surface area contributed by atoms with E-state index in [-0.39, 0.29) is 5.92 Å². The molecule has 1 aromatic rings. The number of nitrogens with one attached hydrogen (secondary N) is 1. The van der Waals surface area contributed by atoms with Crippen LogP contribution in [0.2, 0.25) is 9.36 Å². The van der Waals surface area contributed by atoms with Crippen LogP contribution in [-0.4, -0.2) is 55.0 Å². The Morgan fingerprint density at radius 3 is 2.77 bits per heavy atom. The van der Waals surface area contributed by atoms with E-state index < -0.39 is 0 Å². The molecular weight excluding hydrogens is 341 g/mol. The minimum absolute atomic E-state index is 0.125. The molecule has 1 unspecified atom stereocenters. The second-order valence-electron chi connectivity index (χ2n) is 6.00. The molecule has 122 valence electrons. The van der Waals surface area contributed by atoms with E-state index in [1.165, 1.54) is 11.3 Å². The Labute approximate surface area is 145 Å². The van der Waals surface area contributed by atoms with E-state index >= 15 is 0 Å². The molecule has 1 aromatic heterocycles. The van der Waals surface area contributed by atoms with Crippen molar-refractivity contribution in [1.82, 2.24) is 15.1 Å². The summed E-state index contributed by atoms with van der Waals surface area (Å²) in [7, 11) is 0. The monoisotopic (exact) mass is 361 g/mol. The number of hydrogen-bond acceptors (Lipinski definition) is 4. The number of piperidine rings is 1. The molecule has 0 spiro atoms. The first kappa shape index (κ1) is 16.5. The molecule has 2 aliphatic rings. The van der Waals surface area contributed by atoms with E-state index in [9.17, 15) is 4.79 Å². The quantitative estimate of drug-likeness (QED) is 0.898. The maximum absolute atomic E-state index is 12.6. The number of amides is 1. The van der Waals surface area contributed by atoms with Crippen molar-refractivity contribution >= 4 is 40.4 Å². The number of piperazine rings is 1. The van der Waals surface area contributed by atoms with Gasteiger partial charge < -0.3 is 10.2 Å². The molecule has 7 heteroatoms. The highest BCUT2D eigenvalue weighted by Crippen LogP contribution is 2.33. The summed E-state index contributed by atoms with van der Waals surface area (Å²) in [6, 6.07) is 0. The van der Waals surface area contributed by atoms with Crippen molar-refractivity contribution in [3.63, 3.8) is 0 Å². The summed E-state index contributed by atoms with van der Waals surface area (Å²) in [5.74, 6) is 0.445. The van der Waals surface area contributed by atoms with Crippen molar-refractivity contribution in [2.45, 2.75) is 19.4 Å². The van der Waals surface area contributed by atoms with Crippen LogP contribution < -0.4 is 5.32 Å². The lowest BCUT2D eigenvalue weighted by atomic mass is 9.96. The zero-order valence-electron chi connectivity index (χ0n) is 12.5. The van der Waals surface area contributed by atoms with Gasteiger partial charge in [0.25, 0.3) is 0 Å². The van der Waals surface area contributed by atoms with Gasteiger partial charge >= 0.3 is 0 Å². The SMILES string of the molecule is O=C(C1CCCN(Cc2csc(Cl)c2Cl)C1)N1CCNCC1. The average molecular weight is 362 g/mol. The van der Waals surface area contributed by atoms with E-state index in [2.05, 4.69) is 10.2 Å². The summed E-state index contributed by atoms with van der Waals surface area (Å²) in [5.41, 5.74) is 1.08. The number of rotatable bonds is 3. The van der Waals surface area contributed by atoms with Crippen LogP contribution in [-0.2, 0) is 11.3 Å². The number of carbonyl (C=O) groups excluding carboxylic acids is 1. The Morgan fingerprint density at radius 1 is 1.32 bits per heavy atom. The summed E-state index contributed by atoms with van der Waals surface area (Å²) >= 11 is 13.7. The van der Waals surface area contributed by atoms with Crippen LogP contribution in [0.1, 0.15) is 18.4 Å². The van der Waals surface area contributed by atoms with Crippen LogP contribution >= 0.6 is 34.5 Å². The minimum Gasteiger partial charge on any atom is -0.340 e. The van der Waals surface area contributed by atoms with Crippen molar-refractivity contribution in [2.75, 3.05) is 39.3 Å². The van der Waals surface area contributed by atoms with Crippen LogP contribution in [0.25, 0.3) is 0 Å². The van der Waals surface area contributed by atoms with Crippen LogP contribution in [0.4, 0.5) is 0 Å². The smallest absolute Gasteiger partial charge is 0.227 e. The fourth-order valence-electron chi connectivity index (χ4n) is 3.24. The van der Waals surface area contributed by atoms with Gasteiger partial charge in [0.2, 0.25) is 5.91 Å². The molecule has 1 amide bonds. The first-order valence-electron chi connectivity index (χ1n) is 7.78. The molecule has 0 saturated carbocycles. The fourth-order valence-corrected chi connectivity index (χ4v) is 4.48. The summed E-state index contributed by atoms with van der Waals surface area (Å²) in [6.07, 6.45) is 2.06. The Morgan fingerprint density at radius 2 is 2.09 bits per heavy atom. The molecule has 0 bridgehead atoms. The fraction of sp³-hybridized carbons (Fsp3) is 0.667. The van der Waals surface area contributed by atoms with Crippen LogP contribution in [0.15, 0.2) is 5.38 Å². The largest absolute Gasteiger partial charge is 0.340 e. The van der Waals surface area contributed by atoms with Crippen LogP contribution in [0, 0.1) is 5.92 Å². The first-order chi connectivity index (χ1) is 10.6. The van der Waals surface area contributed by atoms with E-state index in [0.29, 0.717) is 15.3 Å². The highest BCUT2D eigenvalue weighted by Gasteiger charge is 2.30. The molecule has 3 rings (SSSR count). The van der Waals surface area contributed by atoms with Crippen molar-refractivity contribution < 1.29 is 4.79 Å². The summed E-state index contributed by atoms with van der Waals surface area (Å²) in [5, 5.41) is 5.98. The van der Waals surface area contributed by atoms with Crippen LogP contribution in [0.5, 0.6) is 0 Å². The number of thiophene rings is 1. The Kier molecular flexibility index (Phi) is 5.63. The molecular formula is C15H21Cl2N3OS. The number of carbonyl (C=O) groups is 1. The normalized spacial score (nSPS) is 23.7. The highest BCUT2D eigenvalue weighted by atomic mass is 35.5. The van der Waals surface area contributed by atoms with Gasteiger partial charge in [-0.05, 0) is 30.3 Å². The summed E-state index contributed by atoms with van der Waals surface area (Å²) in [6.45, 7) is 6.12.